The number of piperazine rings is 1. The van der Waals surface area contributed by atoms with E-state index in [0.717, 1.165) is 18.7 Å². The van der Waals surface area contributed by atoms with Crippen LogP contribution >= 0.6 is 0 Å². The molecule has 0 saturated carbocycles. The fourth-order valence-electron chi connectivity index (χ4n) is 6.33. The smallest absolute Gasteiger partial charge is 0.453 e. The molecule has 1 saturated heterocycles. The third-order valence-corrected chi connectivity index (χ3v) is 8.38. The number of rotatable bonds is 10. The van der Waals surface area contributed by atoms with Gasteiger partial charge in [-0.2, -0.15) is 17.9 Å². The van der Waals surface area contributed by atoms with E-state index in [1.165, 1.54) is 31.4 Å². The van der Waals surface area contributed by atoms with Gasteiger partial charge < -0.3 is 9.47 Å². The van der Waals surface area contributed by atoms with Gasteiger partial charge in [0.2, 0.25) is 0 Å². The van der Waals surface area contributed by atoms with Crippen molar-refractivity contribution in [2.75, 3.05) is 33.9 Å². The predicted octanol–water partition coefficient (Wildman–Crippen LogP) is 5.61. The van der Waals surface area contributed by atoms with E-state index in [1.807, 2.05) is 24.4 Å². The molecule has 1 aliphatic heterocycles. The summed E-state index contributed by atoms with van der Waals surface area (Å²) in [6.07, 6.45) is -1.08. The van der Waals surface area contributed by atoms with Crippen LogP contribution in [0.15, 0.2) is 97.3 Å². The van der Waals surface area contributed by atoms with Crippen molar-refractivity contribution in [1.29, 1.82) is 0 Å². The fourth-order valence-corrected chi connectivity index (χ4v) is 6.33. The summed E-state index contributed by atoms with van der Waals surface area (Å²) < 4.78 is 53.4. The number of pyridine rings is 1. The van der Waals surface area contributed by atoms with Crippen molar-refractivity contribution in [1.82, 2.24) is 35.0 Å². The summed E-state index contributed by atoms with van der Waals surface area (Å²) in [4.78, 5) is 9.15. The van der Waals surface area contributed by atoms with E-state index in [4.69, 9.17) is 9.47 Å². The lowest BCUT2D eigenvalue weighted by Crippen LogP contribution is -2.54. The minimum absolute atomic E-state index is 0.0487. The number of alkyl halides is 3. The van der Waals surface area contributed by atoms with Crippen molar-refractivity contribution in [2.24, 2.45) is 0 Å². The Bertz CT molecular complexity index is 1680. The summed E-state index contributed by atoms with van der Waals surface area (Å²) in [5, 5.41) is 10.2. The van der Waals surface area contributed by atoms with Gasteiger partial charge in [-0.1, -0.05) is 66.7 Å². The van der Waals surface area contributed by atoms with Crippen molar-refractivity contribution in [3.05, 3.63) is 125 Å². The standard InChI is InChI=1S/C34H34F3N7O2/c1-45-30-16-15-28(44-33(34(35,36)37)39-40-41-44)32(46-2)27(30)22-42-18-19-43(21-24-10-9-17-38-20-24)29(23-42)31(25-11-5-3-6-12-25)26-13-7-4-8-14-26/h3-17,20,29,31H,18-19,21-23H2,1-2H3/t29-/m0/s1. The van der Waals surface area contributed by atoms with Gasteiger partial charge in [0, 0.05) is 57.1 Å². The van der Waals surface area contributed by atoms with Crippen molar-refractivity contribution < 1.29 is 22.6 Å². The van der Waals surface area contributed by atoms with Gasteiger partial charge in [-0.15, -0.1) is 5.10 Å². The Hall–Kier alpha value is -4.81. The maximum atomic E-state index is 13.8. The second-order valence-electron chi connectivity index (χ2n) is 11.1. The van der Waals surface area contributed by atoms with Crippen LogP contribution in [0.3, 0.4) is 0 Å². The van der Waals surface area contributed by atoms with Crippen molar-refractivity contribution >= 4 is 0 Å². The van der Waals surface area contributed by atoms with E-state index in [1.54, 1.807) is 12.3 Å². The molecule has 0 amide bonds. The third-order valence-electron chi connectivity index (χ3n) is 8.38. The summed E-state index contributed by atoms with van der Waals surface area (Å²) in [6, 6.07) is 28.1. The number of aromatic nitrogens is 5. The van der Waals surface area contributed by atoms with E-state index >= 15 is 0 Å². The van der Waals surface area contributed by atoms with E-state index in [2.05, 4.69) is 84.9 Å². The molecule has 5 aromatic rings. The molecule has 1 atom stereocenters. The zero-order valence-electron chi connectivity index (χ0n) is 25.5. The summed E-state index contributed by atoms with van der Waals surface area (Å²) >= 11 is 0. The molecule has 0 unspecified atom stereocenters. The van der Waals surface area contributed by atoms with Crippen LogP contribution in [0.25, 0.3) is 5.69 Å². The van der Waals surface area contributed by atoms with Gasteiger partial charge in [0.1, 0.15) is 11.4 Å². The van der Waals surface area contributed by atoms with Crippen LogP contribution in [0.2, 0.25) is 0 Å². The average Bonchev–Trinajstić information content (AvgIpc) is 3.58. The molecule has 3 heterocycles. The Morgan fingerprint density at radius 1 is 0.848 bits per heavy atom. The minimum atomic E-state index is -4.75. The summed E-state index contributed by atoms with van der Waals surface area (Å²) in [5.41, 5.74) is 4.22. The first-order valence-electron chi connectivity index (χ1n) is 14.9. The Kier molecular flexibility index (Phi) is 9.27. The topological polar surface area (TPSA) is 81.4 Å². The number of nitrogens with zero attached hydrogens (tertiary/aromatic N) is 7. The predicted molar refractivity (Wildman–Crippen MR) is 166 cm³/mol. The SMILES string of the molecule is COc1ccc(-n2nnnc2C(F)(F)F)c(OC)c1CN1CCN(Cc2cccnc2)[C@H](C(c2ccccc2)c2ccccc2)C1. The molecule has 238 valence electrons. The number of ether oxygens (including phenoxy) is 2. The highest BCUT2D eigenvalue weighted by Gasteiger charge is 2.40. The van der Waals surface area contributed by atoms with Gasteiger partial charge in [-0.05, 0) is 45.3 Å². The van der Waals surface area contributed by atoms with Crippen LogP contribution in [0.4, 0.5) is 13.2 Å². The monoisotopic (exact) mass is 629 g/mol. The average molecular weight is 630 g/mol. The van der Waals surface area contributed by atoms with Crippen molar-refractivity contribution in [3.63, 3.8) is 0 Å². The second kappa shape index (κ2) is 13.7. The van der Waals surface area contributed by atoms with Crippen molar-refractivity contribution in [2.45, 2.75) is 31.2 Å². The van der Waals surface area contributed by atoms with Gasteiger partial charge in [0.25, 0.3) is 5.82 Å². The quantitative estimate of drug-likeness (QED) is 0.197. The van der Waals surface area contributed by atoms with E-state index in [0.29, 0.717) is 35.6 Å². The number of hydrogen-bond acceptors (Lipinski definition) is 8. The normalized spacial score (nSPS) is 16.1. The number of benzene rings is 3. The Labute approximate surface area is 265 Å². The fraction of sp³-hybridized carbons (Fsp3) is 0.294. The lowest BCUT2D eigenvalue weighted by molar-refractivity contribution is -0.146. The lowest BCUT2D eigenvalue weighted by atomic mass is 9.83. The molecular weight excluding hydrogens is 595 g/mol. The molecule has 0 bridgehead atoms. The molecule has 46 heavy (non-hydrogen) atoms. The second-order valence-corrected chi connectivity index (χ2v) is 11.1. The van der Waals surface area contributed by atoms with Gasteiger partial charge in [-0.25, -0.2) is 0 Å². The third kappa shape index (κ3) is 6.58. The zero-order chi connectivity index (χ0) is 32.1. The lowest BCUT2D eigenvalue weighted by Gasteiger charge is -2.45. The highest BCUT2D eigenvalue weighted by atomic mass is 19.4. The number of tetrazole rings is 1. The van der Waals surface area contributed by atoms with Gasteiger partial charge in [0.05, 0.1) is 19.8 Å². The van der Waals surface area contributed by atoms with Crippen LogP contribution in [0, 0.1) is 0 Å². The highest BCUT2D eigenvalue weighted by molar-refractivity contribution is 5.58. The Morgan fingerprint density at radius 2 is 1.57 bits per heavy atom. The molecule has 0 radical (unpaired) electrons. The molecule has 12 heteroatoms. The first-order valence-corrected chi connectivity index (χ1v) is 14.9. The van der Waals surface area contributed by atoms with E-state index < -0.39 is 12.0 Å². The molecule has 9 nitrogen and oxygen atoms in total. The van der Waals surface area contributed by atoms with Crippen LogP contribution in [-0.4, -0.2) is 74.9 Å². The Balaban J connectivity index is 1.39. The van der Waals surface area contributed by atoms with Crippen LogP contribution in [0.1, 0.15) is 34.0 Å². The summed E-state index contributed by atoms with van der Waals surface area (Å²) in [6.45, 7) is 3.23. The van der Waals surface area contributed by atoms with Crippen LogP contribution in [-0.2, 0) is 19.3 Å². The van der Waals surface area contributed by atoms with E-state index in [9.17, 15) is 13.2 Å². The molecule has 0 N–H and O–H groups in total. The van der Waals surface area contributed by atoms with Gasteiger partial charge in [-0.3, -0.25) is 14.8 Å². The van der Waals surface area contributed by atoms with Gasteiger partial charge >= 0.3 is 6.18 Å². The number of hydrogen-bond donors (Lipinski definition) is 0. The molecule has 1 aliphatic rings. The Morgan fingerprint density at radius 3 is 2.17 bits per heavy atom. The van der Waals surface area contributed by atoms with Crippen molar-refractivity contribution in [3.8, 4) is 17.2 Å². The summed E-state index contributed by atoms with van der Waals surface area (Å²) in [7, 11) is 2.96. The molecule has 0 aliphatic carbocycles. The van der Waals surface area contributed by atoms with Crippen LogP contribution < -0.4 is 9.47 Å². The molecular formula is C34H34F3N7O2. The van der Waals surface area contributed by atoms with Gasteiger partial charge in [0.15, 0.2) is 5.75 Å². The minimum Gasteiger partial charge on any atom is -0.496 e. The summed E-state index contributed by atoms with van der Waals surface area (Å²) in [5.74, 6) is -0.472. The first kappa shape index (κ1) is 31.2. The number of methoxy groups -OCH3 is 2. The molecule has 3 aromatic carbocycles. The largest absolute Gasteiger partial charge is 0.496 e. The van der Waals surface area contributed by atoms with Crippen LogP contribution in [0.5, 0.6) is 11.5 Å². The maximum Gasteiger partial charge on any atom is 0.453 e. The number of halogens is 3. The molecule has 6 rings (SSSR count). The molecule has 2 aromatic heterocycles. The van der Waals surface area contributed by atoms with E-state index in [-0.39, 0.29) is 23.4 Å². The molecule has 1 fully saturated rings. The maximum absolute atomic E-state index is 13.8. The molecule has 0 spiro atoms. The first-order chi connectivity index (χ1) is 22.4. The zero-order valence-corrected chi connectivity index (χ0v) is 25.5. The highest BCUT2D eigenvalue weighted by Crippen LogP contribution is 2.39.